The molecule has 1 fully saturated rings. The minimum atomic E-state index is -5.08. The van der Waals surface area contributed by atoms with Gasteiger partial charge in [-0.1, -0.05) is 0 Å². The SMILES string of the molecule is Cn1nc(Cn2cccc2)c2c1CN(C1CCOCC1)C2.O=C(O)C(F)(F)F. The first kappa shape index (κ1) is 20.4. The van der Waals surface area contributed by atoms with Crippen molar-refractivity contribution in [2.24, 2.45) is 7.05 Å². The molecule has 154 valence electrons. The van der Waals surface area contributed by atoms with Crippen LogP contribution < -0.4 is 0 Å². The van der Waals surface area contributed by atoms with E-state index in [-0.39, 0.29) is 0 Å². The Bertz CT molecular complexity index is 796. The number of aliphatic carboxylic acids is 1. The fourth-order valence-electron chi connectivity index (χ4n) is 3.58. The van der Waals surface area contributed by atoms with Crippen LogP contribution in [0.25, 0.3) is 0 Å². The van der Waals surface area contributed by atoms with Crippen molar-refractivity contribution in [3.63, 3.8) is 0 Å². The number of carbonyl (C=O) groups is 1. The molecule has 7 nitrogen and oxygen atoms in total. The van der Waals surface area contributed by atoms with Gasteiger partial charge in [0.05, 0.1) is 17.9 Å². The molecule has 0 saturated carbocycles. The summed E-state index contributed by atoms with van der Waals surface area (Å²) in [4.78, 5) is 11.5. The van der Waals surface area contributed by atoms with E-state index in [4.69, 9.17) is 19.7 Å². The Kier molecular flexibility index (Phi) is 6.09. The minimum Gasteiger partial charge on any atom is -0.475 e. The van der Waals surface area contributed by atoms with E-state index in [0.29, 0.717) is 6.04 Å². The molecule has 0 radical (unpaired) electrons. The van der Waals surface area contributed by atoms with Crippen LogP contribution >= 0.6 is 0 Å². The normalized spacial score (nSPS) is 17.9. The molecule has 0 spiro atoms. The molecule has 2 aliphatic rings. The van der Waals surface area contributed by atoms with Crippen molar-refractivity contribution in [1.29, 1.82) is 0 Å². The van der Waals surface area contributed by atoms with Crippen LogP contribution in [0.15, 0.2) is 24.5 Å². The number of carboxylic acids is 1. The largest absolute Gasteiger partial charge is 0.490 e. The number of hydrogen-bond donors (Lipinski definition) is 1. The van der Waals surface area contributed by atoms with E-state index in [1.807, 2.05) is 0 Å². The fourth-order valence-corrected chi connectivity index (χ4v) is 3.58. The van der Waals surface area contributed by atoms with E-state index in [1.165, 1.54) is 17.0 Å². The topological polar surface area (TPSA) is 72.5 Å². The van der Waals surface area contributed by atoms with Crippen LogP contribution in [0.1, 0.15) is 29.8 Å². The predicted molar refractivity (Wildman–Crippen MR) is 93.5 cm³/mol. The Labute approximate surface area is 160 Å². The van der Waals surface area contributed by atoms with E-state index in [0.717, 1.165) is 45.7 Å². The summed E-state index contributed by atoms with van der Waals surface area (Å²) in [5, 5.41) is 11.9. The number of halogens is 3. The molecule has 1 saturated heterocycles. The van der Waals surface area contributed by atoms with Crippen LogP contribution in [0.5, 0.6) is 0 Å². The molecule has 28 heavy (non-hydrogen) atoms. The molecule has 0 unspecified atom stereocenters. The predicted octanol–water partition coefficient (Wildman–Crippen LogP) is 2.40. The van der Waals surface area contributed by atoms with Crippen LogP contribution in [-0.2, 0) is 36.2 Å². The summed E-state index contributed by atoms with van der Waals surface area (Å²) in [5.41, 5.74) is 4.06. The molecule has 2 aliphatic heterocycles. The van der Waals surface area contributed by atoms with Gasteiger partial charge in [-0.15, -0.1) is 0 Å². The van der Waals surface area contributed by atoms with E-state index in [9.17, 15) is 13.2 Å². The molecule has 0 aromatic carbocycles. The Morgan fingerprint density at radius 1 is 1.25 bits per heavy atom. The Balaban J connectivity index is 0.000000279. The molecule has 2 aromatic rings. The number of ether oxygens (including phenoxy) is 1. The first-order valence-electron chi connectivity index (χ1n) is 9.02. The fraction of sp³-hybridized carbons (Fsp3) is 0.556. The lowest BCUT2D eigenvalue weighted by atomic mass is 10.1. The minimum absolute atomic E-state index is 0.672. The van der Waals surface area contributed by atoms with Crippen molar-refractivity contribution in [2.75, 3.05) is 13.2 Å². The van der Waals surface area contributed by atoms with Crippen molar-refractivity contribution in [2.45, 2.75) is 44.7 Å². The van der Waals surface area contributed by atoms with Gasteiger partial charge in [0.15, 0.2) is 0 Å². The zero-order valence-corrected chi connectivity index (χ0v) is 15.5. The van der Waals surface area contributed by atoms with Crippen molar-refractivity contribution < 1.29 is 27.8 Å². The molecule has 1 N–H and O–H groups in total. The molecule has 0 bridgehead atoms. The lowest BCUT2D eigenvalue weighted by Crippen LogP contribution is -2.36. The highest BCUT2D eigenvalue weighted by Gasteiger charge is 2.38. The van der Waals surface area contributed by atoms with Gasteiger partial charge >= 0.3 is 12.1 Å². The van der Waals surface area contributed by atoms with E-state index in [1.54, 1.807) is 0 Å². The van der Waals surface area contributed by atoms with Crippen molar-refractivity contribution in [3.8, 4) is 0 Å². The standard InChI is InChI=1S/C16H22N4O.C2HF3O2/c1-18-16-12-20(13-4-8-21-9-5-13)10-14(16)15(17-18)11-19-6-2-3-7-19;3-2(4,5)1(6)7/h2-3,6-7,13H,4-5,8-12H2,1H3;(H,6,7). The Morgan fingerprint density at radius 2 is 1.86 bits per heavy atom. The Hall–Kier alpha value is -2.33. The molecule has 0 aliphatic carbocycles. The maximum absolute atomic E-state index is 10.6. The average Bonchev–Trinajstić information content (AvgIpc) is 3.36. The first-order valence-corrected chi connectivity index (χ1v) is 9.02. The summed E-state index contributed by atoms with van der Waals surface area (Å²) in [6, 6.07) is 4.81. The number of rotatable bonds is 3. The molecule has 4 heterocycles. The average molecular weight is 400 g/mol. The summed E-state index contributed by atoms with van der Waals surface area (Å²) >= 11 is 0. The number of alkyl halides is 3. The lowest BCUT2D eigenvalue weighted by molar-refractivity contribution is -0.192. The van der Waals surface area contributed by atoms with Crippen molar-refractivity contribution in [1.82, 2.24) is 19.2 Å². The maximum atomic E-state index is 10.6. The number of aryl methyl sites for hydroxylation is 1. The monoisotopic (exact) mass is 400 g/mol. The summed E-state index contributed by atoms with van der Waals surface area (Å²) in [7, 11) is 2.07. The number of carboxylic acid groups (broad SMARTS) is 1. The van der Waals surface area contributed by atoms with E-state index >= 15 is 0 Å². The lowest BCUT2D eigenvalue weighted by Gasteiger charge is -2.30. The van der Waals surface area contributed by atoms with Gasteiger partial charge in [-0.2, -0.15) is 18.3 Å². The zero-order chi connectivity index (χ0) is 20.3. The second kappa shape index (κ2) is 8.36. The van der Waals surface area contributed by atoms with Crippen molar-refractivity contribution >= 4 is 5.97 Å². The molecule has 2 aromatic heterocycles. The summed E-state index contributed by atoms with van der Waals surface area (Å²) in [6.45, 7) is 4.77. The third-order valence-electron chi connectivity index (χ3n) is 5.02. The zero-order valence-electron chi connectivity index (χ0n) is 15.5. The highest BCUT2D eigenvalue weighted by Crippen LogP contribution is 2.30. The van der Waals surface area contributed by atoms with Crippen LogP contribution in [0, 0.1) is 0 Å². The molecule has 0 amide bonds. The van der Waals surface area contributed by atoms with Gasteiger partial charge in [0, 0.05) is 57.3 Å². The van der Waals surface area contributed by atoms with Crippen LogP contribution in [0.3, 0.4) is 0 Å². The van der Waals surface area contributed by atoms with Crippen LogP contribution in [-0.4, -0.2) is 55.8 Å². The van der Waals surface area contributed by atoms with Gasteiger partial charge in [-0.25, -0.2) is 4.79 Å². The highest BCUT2D eigenvalue weighted by atomic mass is 19.4. The Morgan fingerprint density at radius 3 is 2.43 bits per heavy atom. The van der Waals surface area contributed by atoms with Gasteiger partial charge in [-0.05, 0) is 25.0 Å². The summed E-state index contributed by atoms with van der Waals surface area (Å²) < 4.78 is 41.5. The number of nitrogens with zero attached hydrogens (tertiary/aromatic N) is 4. The number of hydrogen-bond acceptors (Lipinski definition) is 4. The van der Waals surface area contributed by atoms with Gasteiger partial charge in [0.2, 0.25) is 0 Å². The quantitative estimate of drug-likeness (QED) is 0.857. The third kappa shape index (κ3) is 4.74. The summed E-state index contributed by atoms with van der Waals surface area (Å²) in [6.07, 6.45) is 1.45. The molecular weight excluding hydrogens is 377 g/mol. The first-order chi connectivity index (χ1) is 13.3. The molecule has 4 rings (SSSR count). The highest BCUT2D eigenvalue weighted by molar-refractivity contribution is 5.73. The summed E-state index contributed by atoms with van der Waals surface area (Å²) in [5.74, 6) is -2.76. The smallest absolute Gasteiger partial charge is 0.475 e. The van der Waals surface area contributed by atoms with Crippen LogP contribution in [0.2, 0.25) is 0 Å². The van der Waals surface area contributed by atoms with Gasteiger partial charge < -0.3 is 14.4 Å². The van der Waals surface area contributed by atoms with Gasteiger partial charge in [-0.3, -0.25) is 9.58 Å². The van der Waals surface area contributed by atoms with Gasteiger partial charge in [0.25, 0.3) is 0 Å². The van der Waals surface area contributed by atoms with Crippen molar-refractivity contribution in [3.05, 3.63) is 41.5 Å². The second-order valence-electron chi connectivity index (χ2n) is 6.90. The third-order valence-corrected chi connectivity index (χ3v) is 5.02. The number of aromatic nitrogens is 3. The van der Waals surface area contributed by atoms with Crippen LogP contribution in [0.4, 0.5) is 13.2 Å². The molecule has 0 atom stereocenters. The number of fused-ring (bicyclic) bond motifs is 1. The van der Waals surface area contributed by atoms with Gasteiger partial charge in [0.1, 0.15) is 0 Å². The molecule has 10 heteroatoms. The maximum Gasteiger partial charge on any atom is 0.490 e. The second-order valence-corrected chi connectivity index (χ2v) is 6.90. The van der Waals surface area contributed by atoms with E-state index < -0.39 is 12.1 Å². The van der Waals surface area contributed by atoms with E-state index in [2.05, 4.69) is 45.7 Å². The molecular formula is C18H23F3N4O3.